The normalized spacial score (nSPS) is 17.5. The Morgan fingerprint density at radius 1 is 1.21 bits per heavy atom. The quantitative estimate of drug-likeness (QED) is 0.419. The lowest BCUT2D eigenvalue weighted by atomic mass is 9.81. The number of aromatic amines is 1. The molecule has 1 aliphatic heterocycles. The second-order valence-corrected chi connectivity index (χ2v) is 8.71. The molecule has 0 saturated carbocycles. The van der Waals surface area contributed by atoms with E-state index in [2.05, 4.69) is 44.2 Å². The first-order valence-electron chi connectivity index (χ1n) is 10.7. The monoisotopic (exact) mass is 445 g/mol. The van der Waals surface area contributed by atoms with E-state index in [1.807, 2.05) is 0 Å². The van der Waals surface area contributed by atoms with Crippen molar-refractivity contribution in [3.63, 3.8) is 0 Å². The van der Waals surface area contributed by atoms with Crippen molar-refractivity contribution in [2.75, 3.05) is 11.1 Å². The van der Waals surface area contributed by atoms with Crippen LogP contribution in [0.1, 0.15) is 44.1 Å². The van der Waals surface area contributed by atoms with Crippen molar-refractivity contribution < 1.29 is 4.79 Å². The number of aryl methyl sites for hydroxylation is 1. The maximum absolute atomic E-state index is 13.0. The van der Waals surface area contributed by atoms with Crippen LogP contribution < -0.4 is 16.5 Å². The van der Waals surface area contributed by atoms with E-state index in [9.17, 15) is 9.59 Å². The summed E-state index contributed by atoms with van der Waals surface area (Å²) in [7, 11) is 0. The summed E-state index contributed by atoms with van der Waals surface area (Å²) in [4.78, 5) is 46.0. The Labute approximate surface area is 188 Å². The first-order chi connectivity index (χ1) is 15.8. The number of hydrogen-bond donors (Lipinski definition) is 3. The molecule has 4 aromatic rings. The van der Waals surface area contributed by atoms with E-state index in [0.717, 1.165) is 18.5 Å². The van der Waals surface area contributed by atoms with Gasteiger partial charge in [-0.2, -0.15) is 5.10 Å². The predicted molar refractivity (Wildman–Crippen MR) is 122 cm³/mol. The fraction of sp³-hybridized carbons (Fsp3) is 0.318. The molecule has 33 heavy (non-hydrogen) atoms. The number of anilines is 2. The van der Waals surface area contributed by atoms with E-state index < -0.39 is 5.41 Å². The molecule has 0 spiro atoms. The van der Waals surface area contributed by atoms with E-state index in [1.165, 1.54) is 24.7 Å². The van der Waals surface area contributed by atoms with E-state index >= 15 is 0 Å². The third-order valence-electron chi connectivity index (χ3n) is 5.95. The van der Waals surface area contributed by atoms with Gasteiger partial charge < -0.3 is 16.0 Å². The van der Waals surface area contributed by atoms with Gasteiger partial charge in [0.05, 0.1) is 17.5 Å². The van der Waals surface area contributed by atoms with Crippen LogP contribution in [0.4, 0.5) is 11.6 Å². The summed E-state index contributed by atoms with van der Waals surface area (Å²) in [6, 6.07) is 2.76. The van der Waals surface area contributed by atoms with Gasteiger partial charge in [-0.3, -0.25) is 9.59 Å². The molecule has 1 atom stereocenters. The molecule has 11 heteroatoms. The van der Waals surface area contributed by atoms with Crippen LogP contribution in [0.2, 0.25) is 0 Å². The van der Waals surface area contributed by atoms with Crippen LogP contribution in [-0.4, -0.2) is 40.4 Å². The van der Waals surface area contributed by atoms with Crippen molar-refractivity contribution >= 4 is 23.2 Å². The highest BCUT2D eigenvalue weighted by Crippen LogP contribution is 2.43. The predicted octanol–water partition coefficient (Wildman–Crippen LogP) is 1.70. The molecule has 168 valence electrons. The third-order valence-corrected chi connectivity index (χ3v) is 5.95. The standard InChI is InChI=1S/C22H23N9O2/c1-11(2)4-5-13-20-25-10-26-31(20)9-14(27-13)18-28-17(23)16-19(29-18)30-21(33)22(16,3)15-8-12(32)6-7-24-15/h6-11H,4-5H2,1-3H3,(H,24,32)(H3,23,28,29,30,33)/t22-/m1/s1. The summed E-state index contributed by atoms with van der Waals surface area (Å²) in [5, 5.41) is 7.04. The topological polar surface area (TPSA) is 157 Å². The SMILES string of the molecule is CC(C)CCc1nc(-c2nc(N)c3c(n2)NC(=O)[C@]3(C)c2cc(=O)cc[nH]2)cn2ncnc12. The van der Waals surface area contributed by atoms with Crippen LogP contribution in [0.25, 0.3) is 17.2 Å². The van der Waals surface area contributed by atoms with Crippen LogP contribution in [0.3, 0.4) is 0 Å². The van der Waals surface area contributed by atoms with Gasteiger partial charge in [-0.25, -0.2) is 24.5 Å². The fourth-order valence-electron chi connectivity index (χ4n) is 4.11. The van der Waals surface area contributed by atoms with Crippen molar-refractivity contribution in [2.24, 2.45) is 5.92 Å². The molecule has 5 heterocycles. The van der Waals surface area contributed by atoms with Gasteiger partial charge in [0, 0.05) is 24.0 Å². The van der Waals surface area contributed by atoms with Gasteiger partial charge in [0.15, 0.2) is 16.9 Å². The van der Waals surface area contributed by atoms with Crippen molar-refractivity contribution in [3.05, 3.63) is 58.0 Å². The number of amides is 1. The van der Waals surface area contributed by atoms with E-state index in [4.69, 9.17) is 10.7 Å². The molecule has 0 bridgehead atoms. The summed E-state index contributed by atoms with van der Waals surface area (Å²) in [6.45, 7) is 5.98. The van der Waals surface area contributed by atoms with Crippen molar-refractivity contribution in [1.29, 1.82) is 0 Å². The largest absolute Gasteiger partial charge is 0.383 e. The number of fused-ring (bicyclic) bond motifs is 2. The molecular weight excluding hydrogens is 422 g/mol. The number of nitrogen functional groups attached to an aromatic ring is 1. The minimum atomic E-state index is -1.23. The second kappa shape index (κ2) is 7.47. The molecule has 0 aliphatic carbocycles. The minimum Gasteiger partial charge on any atom is -0.383 e. The highest BCUT2D eigenvalue weighted by molar-refractivity contribution is 6.08. The molecule has 0 radical (unpaired) electrons. The molecule has 0 unspecified atom stereocenters. The Hall–Kier alpha value is -4.15. The Morgan fingerprint density at radius 3 is 2.79 bits per heavy atom. The molecule has 5 rings (SSSR count). The number of pyridine rings is 1. The number of carbonyl (C=O) groups excluding carboxylic acids is 1. The van der Waals surface area contributed by atoms with Gasteiger partial charge in [0.25, 0.3) is 0 Å². The van der Waals surface area contributed by atoms with Gasteiger partial charge >= 0.3 is 0 Å². The zero-order chi connectivity index (χ0) is 23.3. The summed E-state index contributed by atoms with van der Waals surface area (Å²) in [6.07, 6.45) is 6.33. The second-order valence-electron chi connectivity index (χ2n) is 8.71. The molecule has 0 saturated heterocycles. The van der Waals surface area contributed by atoms with E-state index in [1.54, 1.807) is 17.6 Å². The Kier molecular flexibility index (Phi) is 4.69. The zero-order valence-electron chi connectivity index (χ0n) is 18.5. The summed E-state index contributed by atoms with van der Waals surface area (Å²) < 4.78 is 1.64. The van der Waals surface area contributed by atoms with E-state index in [0.29, 0.717) is 34.3 Å². The molecule has 0 fully saturated rings. The highest BCUT2D eigenvalue weighted by Gasteiger charge is 2.48. The smallest absolute Gasteiger partial charge is 0.242 e. The van der Waals surface area contributed by atoms with E-state index in [-0.39, 0.29) is 23.0 Å². The number of nitrogens with zero attached hydrogens (tertiary/aromatic N) is 6. The van der Waals surface area contributed by atoms with Gasteiger partial charge in [0.2, 0.25) is 5.91 Å². The fourth-order valence-corrected chi connectivity index (χ4v) is 4.11. The lowest BCUT2D eigenvalue weighted by Crippen LogP contribution is -2.34. The van der Waals surface area contributed by atoms with Crippen molar-refractivity contribution in [1.82, 2.24) is 34.5 Å². The molecule has 11 nitrogen and oxygen atoms in total. The molecule has 0 aromatic carbocycles. The minimum absolute atomic E-state index is 0.129. The number of nitrogens with one attached hydrogen (secondary N) is 2. The number of nitrogens with two attached hydrogens (primary N) is 1. The average Bonchev–Trinajstić information content (AvgIpc) is 3.35. The number of rotatable bonds is 5. The third kappa shape index (κ3) is 3.32. The maximum atomic E-state index is 13.0. The van der Waals surface area contributed by atoms with Gasteiger partial charge in [-0.05, 0) is 25.7 Å². The number of H-pyrrole nitrogens is 1. The Bertz CT molecular complexity index is 1460. The van der Waals surface area contributed by atoms with Crippen molar-refractivity contribution in [2.45, 2.75) is 39.0 Å². The summed E-state index contributed by atoms with van der Waals surface area (Å²) >= 11 is 0. The van der Waals surface area contributed by atoms with Crippen LogP contribution in [0, 0.1) is 5.92 Å². The Balaban J connectivity index is 1.63. The molecule has 1 aliphatic rings. The van der Waals surface area contributed by atoms with Crippen LogP contribution >= 0.6 is 0 Å². The molecule has 4 aromatic heterocycles. The first kappa shape index (κ1) is 20.7. The molecular formula is C22H23N9O2. The van der Waals surface area contributed by atoms with Crippen LogP contribution in [0.5, 0.6) is 0 Å². The number of aromatic nitrogens is 7. The number of carbonyl (C=O) groups is 1. The van der Waals surface area contributed by atoms with Crippen LogP contribution in [0.15, 0.2) is 35.6 Å². The zero-order valence-corrected chi connectivity index (χ0v) is 18.5. The lowest BCUT2D eigenvalue weighted by Gasteiger charge is -2.22. The van der Waals surface area contributed by atoms with Crippen LogP contribution in [-0.2, 0) is 16.6 Å². The first-order valence-corrected chi connectivity index (χ1v) is 10.7. The Morgan fingerprint density at radius 2 is 2.03 bits per heavy atom. The molecule has 4 N–H and O–H groups in total. The highest BCUT2D eigenvalue weighted by atomic mass is 16.2. The van der Waals surface area contributed by atoms with Gasteiger partial charge in [0.1, 0.15) is 29.1 Å². The van der Waals surface area contributed by atoms with Gasteiger partial charge in [-0.1, -0.05) is 13.8 Å². The van der Waals surface area contributed by atoms with Gasteiger partial charge in [-0.15, -0.1) is 0 Å². The summed E-state index contributed by atoms with van der Waals surface area (Å²) in [5.41, 5.74) is 7.67. The summed E-state index contributed by atoms with van der Waals surface area (Å²) in [5.74, 6) is 0.835. The average molecular weight is 445 g/mol. The lowest BCUT2D eigenvalue weighted by molar-refractivity contribution is -0.119. The number of hydrogen-bond acceptors (Lipinski definition) is 8. The molecule has 1 amide bonds. The maximum Gasteiger partial charge on any atom is 0.242 e. The van der Waals surface area contributed by atoms with Crippen molar-refractivity contribution in [3.8, 4) is 11.5 Å².